The molecular weight excluding hydrogens is 440 g/mol. The number of aryl methyl sites for hydroxylation is 1. The van der Waals surface area contributed by atoms with Crippen LogP contribution >= 0.6 is 23.1 Å². The molecule has 0 bridgehead atoms. The highest BCUT2D eigenvalue weighted by molar-refractivity contribution is 7.99. The van der Waals surface area contributed by atoms with Gasteiger partial charge in [0.2, 0.25) is 11.7 Å². The summed E-state index contributed by atoms with van der Waals surface area (Å²) in [4.78, 5) is 9.64. The van der Waals surface area contributed by atoms with Gasteiger partial charge in [0, 0.05) is 30.1 Å². The summed E-state index contributed by atoms with van der Waals surface area (Å²) in [6, 6.07) is 18.3. The zero-order chi connectivity index (χ0) is 21.6. The first kappa shape index (κ1) is 20.6. The molecule has 4 heterocycles. The molecule has 0 unspecified atom stereocenters. The lowest BCUT2D eigenvalue weighted by atomic mass is 10.2. The smallest absolute Gasteiger partial charge is 0.227 e. The number of hydrogen-bond donors (Lipinski definition) is 0. The highest BCUT2D eigenvalue weighted by atomic mass is 32.2. The Morgan fingerprint density at radius 2 is 1.84 bits per heavy atom. The third-order valence-electron chi connectivity index (χ3n) is 4.81. The van der Waals surface area contributed by atoms with Gasteiger partial charge in [0.1, 0.15) is 0 Å². The van der Waals surface area contributed by atoms with E-state index in [4.69, 9.17) is 4.52 Å². The van der Waals surface area contributed by atoms with E-state index in [-0.39, 0.29) is 0 Å². The molecule has 0 aliphatic rings. The lowest BCUT2D eigenvalue weighted by Gasteiger charge is -2.10. The Bertz CT molecular complexity index is 1250. The van der Waals surface area contributed by atoms with Crippen molar-refractivity contribution in [3.8, 4) is 22.1 Å². The number of pyridine rings is 1. The molecule has 7 nitrogen and oxygen atoms in total. The average Bonchev–Trinajstić information content (AvgIpc) is 3.60. The lowest BCUT2D eigenvalue weighted by molar-refractivity contribution is 0.378. The van der Waals surface area contributed by atoms with Crippen molar-refractivity contribution in [2.45, 2.75) is 24.5 Å². The maximum Gasteiger partial charge on any atom is 0.227 e. The van der Waals surface area contributed by atoms with Crippen LogP contribution in [0.1, 0.15) is 17.9 Å². The predicted octanol–water partition coefficient (Wildman–Crippen LogP) is 5.22. The van der Waals surface area contributed by atoms with Gasteiger partial charge in [-0.1, -0.05) is 53.3 Å². The van der Waals surface area contributed by atoms with Crippen molar-refractivity contribution in [2.24, 2.45) is 0 Å². The van der Waals surface area contributed by atoms with Crippen LogP contribution in [0.2, 0.25) is 0 Å². The molecule has 5 rings (SSSR count). The van der Waals surface area contributed by atoms with Crippen LogP contribution in [0.25, 0.3) is 22.1 Å². The van der Waals surface area contributed by atoms with E-state index in [9.17, 15) is 0 Å². The van der Waals surface area contributed by atoms with Gasteiger partial charge in [-0.05, 0) is 35.6 Å². The van der Waals surface area contributed by atoms with E-state index in [1.54, 1.807) is 35.5 Å². The van der Waals surface area contributed by atoms with Crippen molar-refractivity contribution in [3.63, 3.8) is 0 Å². The molecule has 0 atom stereocenters. The third-order valence-corrected chi connectivity index (χ3v) is 6.73. The first-order chi connectivity index (χ1) is 15.9. The van der Waals surface area contributed by atoms with Gasteiger partial charge in [-0.2, -0.15) is 4.98 Å². The first-order valence-corrected chi connectivity index (χ1v) is 12.1. The van der Waals surface area contributed by atoms with E-state index in [1.807, 2.05) is 47.8 Å². The normalized spacial score (nSPS) is 11.1. The van der Waals surface area contributed by atoms with Crippen molar-refractivity contribution >= 4 is 23.1 Å². The molecule has 0 spiro atoms. The molecule has 0 fully saturated rings. The molecule has 4 aromatic heterocycles. The highest BCUT2D eigenvalue weighted by Crippen LogP contribution is 2.26. The second kappa shape index (κ2) is 9.88. The number of nitrogens with zero attached hydrogens (tertiary/aromatic N) is 6. The maximum absolute atomic E-state index is 5.40. The Kier molecular flexibility index (Phi) is 6.36. The summed E-state index contributed by atoms with van der Waals surface area (Å²) in [5.74, 6) is 3.04. The molecule has 5 aromatic rings. The van der Waals surface area contributed by atoms with E-state index >= 15 is 0 Å². The van der Waals surface area contributed by atoms with Gasteiger partial charge < -0.3 is 4.52 Å². The number of thioether (sulfide) groups is 1. The van der Waals surface area contributed by atoms with Crippen LogP contribution in [0.3, 0.4) is 0 Å². The number of aromatic nitrogens is 6. The van der Waals surface area contributed by atoms with Crippen molar-refractivity contribution < 1.29 is 4.52 Å². The topological polar surface area (TPSA) is 82.5 Å². The monoisotopic (exact) mass is 460 g/mol. The van der Waals surface area contributed by atoms with Gasteiger partial charge in [-0.25, -0.2) is 0 Å². The predicted molar refractivity (Wildman–Crippen MR) is 125 cm³/mol. The van der Waals surface area contributed by atoms with Crippen molar-refractivity contribution in [2.75, 3.05) is 5.75 Å². The SMILES string of the molecule is c1ccc(Cn2c(SCCCc3nc(-c4cccs4)no3)nnc2-c2ccncc2)cc1. The summed E-state index contributed by atoms with van der Waals surface area (Å²) in [6.45, 7) is 0.710. The minimum atomic E-state index is 0.659. The van der Waals surface area contributed by atoms with Crippen LogP contribution in [-0.4, -0.2) is 35.6 Å². The molecule has 9 heteroatoms. The fourth-order valence-electron chi connectivity index (χ4n) is 3.27. The van der Waals surface area contributed by atoms with Gasteiger partial charge in [0.15, 0.2) is 11.0 Å². The quantitative estimate of drug-likeness (QED) is 0.220. The van der Waals surface area contributed by atoms with E-state index in [1.165, 1.54) is 5.56 Å². The number of benzene rings is 1. The molecule has 0 saturated heterocycles. The van der Waals surface area contributed by atoms with Crippen LogP contribution < -0.4 is 0 Å². The van der Waals surface area contributed by atoms with Crippen LogP contribution in [0.4, 0.5) is 0 Å². The van der Waals surface area contributed by atoms with E-state index in [2.05, 4.69) is 42.0 Å². The molecule has 0 saturated carbocycles. The van der Waals surface area contributed by atoms with Gasteiger partial charge in [0.05, 0.1) is 11.4 Å². The van der Waals surface area contributed by atoms with Crippen molar-refractivity contribution in [1.82, 2.24) is 29.9 Å². The largest absolute Gasteiger partial charge is 0.339 e. The Hall–Kier alpha value is -3.30. The van der Waals surface area contributed by atoms with Crippen LogP contribution in [-0.2, 0) is 13.0 Å². The molecular formula is C23H20N6OS2. The van der Waals surface area contributed by atoms with Gasteiger partial charge in [-0.3, -0.25) is 9.55 Å². The molecule has 32 heavy (non-hydrogen) atoms. The molecule has 1 aromatic carbocycles. The number of thiophene rings is 1. The van der Waals surface area contributed by atoms with Crippen LogP contribution in [0.15, 0.2) is 82.1 Å². The molecule has 0 radical (unpaired) electrons. The first-order valence-electron chi connectivity index (χ1n) is 10.2. The Morgan fingerprint density at radius 1 is 0.969 bits per heavy atom. The van der Waals surface area contributed by atoms with Crippen molar-refractivity contribution in [3.05, 3.63) is 83.8 Å². The summed E-state index contributed by atoms with van der Waals surface area (Å²) in [5.41, 5.74) is 2.21. The standard InChI is InChI=1S/C23H20N6OS2/c1-2-6-17(7-3-1)16-29-22(18-10-12-24-13-11-18)26-27-23(29)32-15-5-9-20-25-21(28-30-20)19-8-4-14-31-19/h1-4,6-8,10-14H,5,9,15-16H2. The van der Waals surface area contributed by atoms with Crippen LogP contribution in [0, 0.1) is 0 Å². The zero-order valence-corrected chi connectivity index (χ0v) is 18.8. The highest BCUT2D eigenvalue weighted by Gasteiger charge is 2.15. The summed E-state index contributed by atoms with van der Waals surface area (Å²) in [6.07, 6.45) is 5.19. The minimum Gasteiger partial charge on any atom is -0.339 e. The molecule has 0 aliphatic heterocycles. The Labute approximate surface area is 193 Å². The molecule has 160 valence electrons. The third kappa shape index (κ3) is 4.79. The van der Waals surface area contributed by atoms with E-state index in [0.29, 0.717) is 18.3 Å². The van der Waals surface area contributed by atoms with Gasteiger partial charge in [-0.15, -0.1) is 21.5 Å². The van der Waals surface area contributed by atoms with Crippen molar-refractivity contribution in [1.29, 1.82) is 0 Å². The zero-order valence-electron chi connectivity index (χ0n) is 17.2. The maximum atomic E-state index is 5.40. The average molecular weight is 461 g/mol. The van der Waals surface area contributed by atoms with E-state index < -0.39 is 0 Å². The summed E-state index contributed by atoms with van der Waals surface area (Å²) in [7, 11) is 0. The lowest BCUT2D eigenvalue weighted by Crippen LogP contribution is -2.04. The Balaban J connectivity index is 1.26. The van der Waals surface area contributed by atoms with E-state index in [0.717, 1.165) is 40.0 Å². The Morgan fingerprint density at radius 3 is 2.66 bits per heavy atom. The number of rotatable bonds is 9. The molecule has 0 amide bonds. The molecule has 0 aliphatic carbocycles. The van der Waals surface area contributed by atoms with Crippen LogP contribution in [0.5, 0.6) is 0 Å². The molecule has 0 N–H and O–H groups in total. The summed E-state index contributed by atoms with van der Waals surface area (Å²) in [5, 5.41) is 15.9. The summed E-state index contributed by atoms with van der Waals surface area (Å²) >= 11 is 3.30. The second-order valence-electron chi connectivity index (χ2n) is 7.05. The van der Waals surface area contributed by atoms with Gasteiger partial charge in [0.25, 0.3) is 0 Å². The fourth-order valence-corrected chi connectivity index (χ4v) is 4.79. The summed E-state index contributed by atoms with van der Waals surface area (Å²) < 4.78 is 7.57. The number of hydrogen-bond acceptors (Lipinski definition) is 8. The minimum absolute atomic E-state index is 0.659. The second-order valence-corrected chi connectivity index (χ2v) is 9.06. The fraction of sp³-hybridized carbons (Fsp3) is 0.174. The van der Waals surface area contributed by atoms with Gasteiger partial charge >= 0.3 is 0 Å².